The first-order valence-corrected chi connectivity index (χ1v) is 13.2. The zero-order chi connectivity index (χ0) is 10.5. The van der Waals surface area contributed by atoms with E-state index in [-0.39, 0.29) is 0 Å². The highest BCUT2D eigenvalue weighted by Gasteiger charge is 2.10. The van der Waals surface area contributed by atoms with Crippen molar-refractivity contribution in [1.29, 1.82) is 0 Å². The molecule has 0 amide bonds. The minimum absolute atomic E-state index is 1.10. The smallest absolute Gasteiger partial charge is 0.126 e. The first kappa shape index (κ1) is 13.7. The zero-order valence-corrected chi connectivity index (χ0v) is 13.2. The van der Waals surface area contributed by atoms with Gasteiger partial charge in [0.1, 0.15) is 16.5 Å². The molecule has 0 aromatic heterocycles. The van der Waals surface area contributed by atoms with Crippen molar-refractivity contribution in [1.82, 2.24) is 9.51 Å². The van der Waals surface area contributed by atoms with Crippen LogP contribution in [0.4, 0.5) is 0 Å². The van der Waals surface area contributed by atoms with Crippen LogP contribution in [0, 0.1) is 0 Å². The van der Waals surface area contributed by atoms with Gasteiger partial charge in [-0.25, -0.2) is 0 Å². The summed E-state index contributed by atoms with van der Waals surface area (Å²) in [6.45, 7) is 13.8. The molecule has 0 aromatic rings. The molecule has 76 valence electrons. The highest BCUT2D eigenvalue weighted by Crippen LogP contribution is 2.03. The molecular weight excluding hydrogens is 230 g/mol. The van der Waals surface area contributed by atoms with Crippen molar-refractivity contribution < 1.29 is 0 Å². The van der Waals surface area contributed by atoms with Gasteiger partial charge in [-0.05, 0) is 5.17 Å². The minimum atomic E-state index is -1.10. The standard InChI is InChI=1S/C7H20N2P2Si2/c1-12(2,3)8-10-7-11-9-13(4,5)6/h8-9H,1-6H3. The first-order valence-electron chi connectivity index (χ1n) is 4.39. The molecule has 0 aliphatic carbocycles. The molecule has 0 rings (SSSR count). The molecular formula is C7H20N2P2Si2. The van der Waals surface area contributed by atoms with Gasteiger partial charge < -0.3 is 0 Å². The third kappa shape index (κ3) is 12.7. The maximum atomic E-state index is 3.48. The van der Waals surface area contributed by atoms with Gasteiger partial charge in [-0.15, -0.1) is 0 Å². The molecule has 0 spiro atoms. The number of nitrogens with one attached hydrogen (secondary N) is 2. The molecule has 0 saturated heterocycles. The molecule has 2 N–H and O–H groups in total. The Morgan fingerprint density at radius 1 is 0.769 bits per heavy atom. The lowest BCUT2D eigenvalue weighted by Gasteiger charge is -2.12. The molecule has 0 heterocycles. The van der Waals surface area contributed by atoms with Gasteiger partial charge in [-0.1, -0.05) is 39.3 Å². The van der Waals surface area contributed by atoms with Crippen molar-refractivity contribution in [2.24, 2.45) is 0 Å². The van der Waals surface area contributed by atoms with E-state index in [9.17, 15) is 0 Å². The average molecular weight is 250 g/mol. The summed E-state index contributed by atoms with van der Waals surface area (Å²) in [4.78, 5) is 0. The van der Waals surface area contributed by atoms with E-state index in [0.717, 1.165) is 16.7 Å². The fourth-order valence-electron chi connectivity index (χ4n) is 0.410. The fourth-order valence-corrected chi connectivity index (χ4v) is 4.59. The average Bonchev–Trinajstić information content (AvgIpc) is 1.81. The number of hydrogen-bond donors (Lipinski definition) is 2. The van der Waals surface area contributed by atoms with Crippen molar-refractivity contribution in [3.8, 4) is 0 Å². The molecule has 0 unspecified atom stereocenters. The van der Waals surface area contributed by atoms with Crippen molar-refractivity contribution in [2.45, 2.75) is 39.3 Å². The Morgan fingerprint density at radius 3 is 1.31 bits per heavy atom. The highest BCUT2D eigenvalue weighted by molar-refractivity contribution is 7.54. The van der Waals surface area contributed by atoms with Crippen molar-refractivity contribution >= 4 is 38.4 Å². The Hall–Kier alpha value is 0.734. The van der Waals surface area contributed by atoms with Crippen LogP contribution < -0.4 is 9.51 Å². The van der Waals surface area contributed by atoms with E-state index in [1.54, 1.807) is 0 Å². The maximum absolute atomic E-state index is 3.48. The highest BCUT2D eigenvalue weighted by atomic mass is 31.1. The van der Waals surface area contributed by atoms with Gasteiger partial charge in [-0.2, -0.15) is 0 Å². The second-order valence-electron chi connectivity index (χ2n) is 5.05. The quantitative estimate of drug-likeness (QED) is 0.591. The summed E-state index contributed by atoms with van der Waals surface area (Å²) >= 11 is 0. The van der Waals surface area contributed by atoms with Gasteiger partial charge in [-0.3, -0.25) is 9.51 Å². The SMILES string of the molecule is C[Si](C)(C)NP=C=PN[Si](C)(C)C. The van der Waals surface area contributed by atoms with E-state index in [0.29, 0.717) is 0 Å². The second kappa shape index (κ2) is 5.57. The Bertz CT molecular complexity index is 192. The lowest BCUT2D eigenvalue weighted by molar-refractivity contribution is 1.45. The Morgan fingerprint density at radius 2 is 1.08 bits per heavy atom. The van der Waals surface area contributed by atoms with Gasteiger partial charge in [0.25, 0.3) is 0 Å². The molecule has 0 saturated carbocycles. The van der Waals surface area contributed by atoms with Crippen LogP contribution in [0.5, 0.6) is 0 Å². The third-order valence-corrected chi connectivity index (χ3v) is 7.94. The molecule has 0 aliphatic rings. The molecule has 0 bridgehead atoms. The van der Waals surface area contributed by atoms with Crippen molar-refractivity contribution in [3.05, 3.63) is 0 Å². The molecule has 0 aliphatic heterocycles. The van der Waals surface area contributed by atoms with Crippen molar-refractivity contribution in [3.63, 3.8) is 0 Å². The Kier molecular flexibility index (Phi) is 5.89. The van der Waals surface area contributed by atoms with Crippen LogP contribution in [0.15, 0.2) is 0 Å². The van der Waals surface area contributed by atoms with Gasteiger partial charge >= 0.3 is 0 Å². The molecule has 0 atom stereocenters. The lowest BCUT2D eigenvalue weighted by atomic mass is 11.8. The van der Waals surface area contributed by atoms with Crippen LogP contribution in [0.25, 0.3) is 0 Å². The van der Waals surface area contributed by atoms with Crippen LogP contribution in [0.1, 0.15) is 0 Å². The van der Waals surface area contributed by atoms with Crippen LogP contribution >= 0.6 is 16.7 Å². The van der Waals surface area contributed by atoms with E-state index in [4.69, 9.17) is 0 Å². The summed E-state index contributed by atoms with van der Waals surface area (Å²) in [5.41, 5.74) is 0. The second-order valence-corrected chi connectivity index (χ2v) is 17.1. The predicted molar refractivity (Wildman–Crippen MR) is 71.8 cm³/mol. The van der Waals surface area contributed by atoms with Gasteiger partial charge in [0, 0.05) is 16.7 Å². The Balaban J connectivity index is 3.86. The van der Waals surface area contributed by atoms with Crippen LogP contribution in [-0.2, 0) is 0 Å². The molecule has 0 aromatic carbocycles. The van der Waals surface area contributed by atoms with E-state index in [1.165, 1.54) is 0 Å². The lowest BCUT2D eigenvalue weighted by Crippen LogP contribution is -2.34. The molecule has 6 heteroatoms. The van der Waals surface area contributed by atoms with Gasteiger partial charge in [0.2, 0.25) is 0 Å². The fraction of sp³-hybridized carbons (Fsp3) is 0.857. The van der Waals surface area contributed by atoms with E-state index < -0.39 is 16.5 Å². The first-order chi connectivity index (χ1) is 5.71. The summed E-state index contributed by atoms with van der Waals surface area (Å²) in [5.74, 6) is 0. The van der Waals surface area contributed by atoms with Crippen LogP contribution in [-0.4, -0.2) is 21.6 Å². The summed E-state index contributed by atoms with van der Waals surface area (Å²) in [6.07, 6.45) is 0. The largest absolute Gasteiger partial charge is 0.285 e. The molecule has 0 fully saturated rings. The summed E-state index contributed by atoms with van der Waals surface area (Å²) in [7, 11) is 0.0910. The van der Waals surface area contributed by atoms with Crippen molar-refractivity contribution in [2.75, 3.05) is 0 Å². The monoisotopic (exact) mass is 250 g/mol. The van der Waals surface area contributed by atoms with Gasteiger partial charge in [0.05, 0.1) is 0 Å². The maximum Gasteiger partial charge on any atom is 0.126 e. The van der Waals surface area contributed by atoms with Gasteiger partial charge in [0.15, 0.2) is 0 Å². The molecule has 2 nitrogen and oxygen atoms in total. The topological polar surface area (TPSA) is 24.1 Å². The van der Waals surface area contributed by atoms with E-state index in [1.807, 2.05) is 0 Å². The Labute approximate surface area is 87.4 Å². The summed E-state index contributed by atoms with van der Waals surface area (Å²) < 4.78 is 6.95. The third-order valence-electron chi connectivity index (χ3n) is 0.883. The normalized spacial score (nSPS) is 13.4. The summed E-state index contributed by atoms with van der Waals surface area (Å²) in [5, 5.41) is 3.29. The number of rotatable bonds is 4. The van der Waals surface area contributed by atoms with Crippen LogP contribution in [0.3, 0.4) is 0 Å². The predicted octanol–water partition coefficient (Wildman–Crippen LogP) is 3.19. The minimum Gasteiger partial charge on any atom is -0.285 e. The zero-order valence-electron chi connectivity index (χ0n) is 9.39. The molecule has 0 radical (unpaired) electrons. The van der Waals surface area contributed by atoms with Crippen LogP contribution in [0.2, 0.25) is 39.3 Å². The molecule has 13 heavy (non-hydrogen) atoms. The van der Waals surface area contributed by atoms with E-state index >= 15 is 0 Å². The number of hydrogen-bond acceptors (Lipinski definition) is 2. The van der Waals surface area contributed by atoms with E-state index in [2.05, 4.69) is 54.0 Å². The summed E-state index contributed by atoms with van der Waals surface area (Å²) in [6, 6.07) is 0.